The fourth-order valence-electron chi connectivity index (χ4n) is 7.29. The Bertz CT molecular complexity index is 1850. The summed E-state index contributed by atoms with van der Waals surface area (Å²) >= 11 is 0. The van der Waals surface area contributed by atoms with Gasteiger partial charge in [-0.2, -0.15) is 0 Å². The Labute approximate surface area is 246 Å². The van der Waals surface area contributed by atoms with E-state index in [1.54, 1.807) is 24.3 Å². The van der Waals surface area contributed by atoms with E-state index in [1.807, 2.05) is 24.3 Å². The van der Waals surface area contributed by atoms with Crippen molar-refractivity contribution in [3.05, 3.63) is 155 Å². The molecule has 2 aliphatic carbocycles. The van der Waals surface area contributed by atoms with Crippen LogP contribution < -0.4 is 0 Å². The van der Waals surface area contributed by atoms with Crippen LogP contribution in [0.5, 0.6) is 11.5 Å². The molecule has 42 heavy (non-hydrogen) atoms. The van der Waals surface area contributed by atoms with Crippen molar-refractivity contribution in [1.29, 1.82) is 0 Å². The highest BCUT2D eigenvalue weighted by molar-refractivity contribution is 5.90. The van der Waals surface area contributed by atoms with Gasteiger partial charge in [0.05, 0.1) is 0 Å². The second-order valence-electron chi connectivity index (χ2n) is 11.6. The average molecular weight is 543 g/mol. The zero-order valence-corrected chi connectivity index (χ0v) is 23.4. The first kappa shape index (κ1) is 24.7. The third-order valence-electron chi connectivity index (χ3n) is 9.28. The summed E-state index contributed by atoms with van der Waals surface area (Å²) in [6.45, 7) is 2.32. The van der Waals surface area contributed by atoms with E-state index in [0.717, 1.165) is 24.0 Å². The summed E-state index contributed by atoms with van der Waals surface area (Å²) < 4.78 is 0. The lowest BCUT2D eigenvalue weighted by Gasteiger charge is -2.25. The van der Waals surface area contributed by atoms with Gasteiger partial charge in [-0.25, -0.2) is 0 Å². The molecule has 2 heteroatoms. The van der Waals surface area contributed by atoms with Crippen LogP contribution in [0.2, 0.25) is 0 Å². The highest BCUT2D eigenvalue weighted by atomic mass is 16.3. The number of fused-ring (bicyclic) bond motifs is 6. The van der Waals surface area contributed by atoms with Crippen molar-refractivity contribution < 1.29 is 10.2 Å². The molecule has 0 saturated heterocycles. The number of hydrogen-bond donors (Lipinski definition) is 2. The highest BCUT2D eigenvalue weighted by Gasteiger charge is 2.29. The minimum absolute atomic E-state index is 0.0978. The molecule has 0 aromatic heterocycles. The minimum Gasteiger partial charge on any atom is -0.508 e. The van der Waals surface area contributed by atoms with Crippen LogP contribution in [0.3, 0.4) is 0 Å². The lowest BCUT2D eigenvalue weighted by atomic mass is 9.79. The van der Waals surface area contributed by atoms with Crippen LogP contribution in [0.1, 0.15) is 46.2 Å². The third-order valence-corrected chi connectivity index (χ3v) is 9.28. The fraction of sp³-hybridized carbons (Fsp3) is 0.100. The Hall–Kier alpha value is -5.08. The standard InChI is InChI=1S/C40H30O2/c1-24(31-18-20-35-33-8-4-2-6-27(33)22-37(35)39(31)25-10-14-29(41)15-11-25)32-19-21-36-34-9-5-3-7-28(34)23-38(36)40(32)26-12-16-30(42)17-13-26/h2-21,24,41-42H,22-23H2,1H3. The zero-order valence-electron chi connectivity index (χ0n) is 23.4. The van der Waals surface area contributed by atoms with Crippen molar-refractivity contribution in [2.24, 2.45) is 0 Å². The lowest BCUT2D eigenvalue weighted by molar-refractivity contribution is 0.475. The van der Waals surface area contributed by atoms with Crippen molar-refractivity contribution in [2.75, 3.05) is 0 Å². The second-order valence-corrected chi connectivity index (χ2v) is 11.6. The van der Waals surface area contributed by atoms with E-state index >= 15 is 0 Å². The predicted octanol–water partition coefficient (Wildman–Crippen LogP) is 9.73. The topological polar surface area (TPSA) is 40.5 Å². The minimum atomic E-state index is 0.0978. The molecule has 2 N–H and O–H groups in total. The first-order chi connectivity index (χ1) is 20.6. The van der Waals surface area contributed by atoms with Gasteiger partial charge in [-0.1, -0.05) is 104 Å². The number of aromatic hydroxyl groups is 2. The highest BCUT2D eigenvalue weighted by Crippen LogP contribution is 2.49. The number of phenols is 2. The number of phenolic OH excluding ortho intramolecular Hbond substituents is 2. The molecule has 0 fully saturated rings. The maximum Gasteiger partial charge on any atom is 0.115 e. The van der Waals surface area contributed by atoms with Gasteiger partial charge in [0.25, 0.3) is 0 Å². The molecular formula is C40H30O2. The molecule has 8 rings (SSSR count). The molecule has 0 spiro atoms. The molecular weight excluding hydrogens is 512 g/mol. The lowest BCUT2D eigenvalue weighted by Crippen LogP contribution is -2.05. The van der Waals surface area contributed by atoms with Gasteiger partial charge in [0.15, 0.2) is 0 Å². The summed E-state index contributed by atoms with van der Waals surface area (Å²) in [7, 11) is 0. The predicted molar refractivity (Wildman–Crippen MR) is 171 cm³/mol. The quantitative estimate of drug-likeness (QED) is 0.232. The summed E-state index contributed by atoms with van der Waals surface area (Å²) in [5, 5.41) is 20.2. The van der Waals surface area contributed by atoms with E-state index in [1.165, 1.54) is 66.8 Å². The van der Waals surface area contributed by atoms with E-state index in [0.29, 0.717) is 0 Å². The smallest absolute Gasteiger partial charge is 0.115 e. The molecule has 0 radical (unpaired) electrons. The summed E-state index contributed by atoms with van der Waals surface area (Å²) in [5.41, 5.74) is 18.0. The molecule has 0 saturated carbocycles. The van der Waals surface area contributed by atoms with Crippen molar-refractivity contribution in [2.45, 2.75) is 25.7 Å². The zero-order chi connectivity index (χ0) is 28.4. The monoisotopic (exact) mass is 542 g/mol. The molecule has 2 aliphatic rings. The molecule has 0 aliphatic heterocycles. The maximum absolute atomic E-state index is 10.1. The third kappa shape index (κ3) is 3.79. The molecule has 6 aromatic carbocycles. The summed E-state index contributed by atoms with van der Waals surface area (Å²) in [4.78, 5) is 0. The fourth-order valence-corrected chi connectivity index (χ4v) is 7.29. The van der Waals surface area contributed by atoms with Crippen LogP contribution in [0, 0.1) is 0 Å². The van der Waals surface area contributed by atoms with Gasteiger partial charge in [-0.3, -0.25) is 0 Å². The number of hydrogen-bond acceptors (Lipinski definition) is 2. The number of rotatable bonds is 4. The van der Waals surface area contributed by atoms with E-state index in [2.05, 4.69) is 79.7 Å². The van der Waals surface area contributed by atoms with Gasteiger partial charge in [0.2, 0.25) is 0 Å². The van der Waals surface area contributed by atoms with Crippen molar-refractivity contribution in [1.82, 2.24) is 0 Å². The van der Waals surface area contributed by atoms with Crippen molar-refractivity contribution in [3.8, 4) is 56.0 Å². The van der Waals surface area contributed by atoms with Crippen molar-refractivity contribution in [3.63, 3.8) is 0 Å². The Kier molecular flexibility index (Phi) is 5.58. The van der Waals surface area contributed by atoms with Gasteiger partial charge in [0, 0.05) is 5.92 Å². The van der Waals surface area contributed by atoms with Crippen molar-refractivity contribution >= 4 is 0 Å². The van der Waals surface area contributed by atoms with Gasteiger partial charge >= 0.3 is 0 Å². The maximum atomic E-state index is 10.1. The van der Waals surface area contributed by atoms with Gasteiger partial charge in [-0.15, -0.1) is 0 Å². The normalized spacial score (nSPS) is 12.6. The van der Waals surface area contributed by atoms with E-state index in [9.17, 15) is 10.2 Å². The molecule has 202 valence electrons. The number of benzene rings is 6. The summed E-state index contributed by atoms with van der Waals surface area (Å²) in [6.07, 6.45) is 1.79. The van der Waals surface area contributed by atoms with Gasteiger partial charge < -0.3 is 10.2 Å². The largest absolute Gasteiger partial charge is 0.508 e. The average Bonchev–Trinajstić information content (AvgIpc) is 3.59. The first-order valence-electron chi connectivity index (χ1n) is 14.6. The molecule has 0 bridgehead atoms. The Morgan fingerprint density at radius 1 is 0.452 bits per heavy atom. The van der Waals surface area contributed by atoms with E-state index in [4.69, 9.17) is 0 Å². The van der Waals surface area contributed by atoms with E-state index < -0.39 is 0 Å². The SMILES string of the molecule is CC(c1ccc2c(c1-c1ccc(O)cc1)Cc1ccccc1-2)c1ccc2c(c1-c1ccc(O)cc1)Cc1ccccc1-2. The van der Waals surface area contributed by atoms with Crippen LogP contribution in [-0.4, -0.2) is 10.2 Å². The molecule has 0 atom stereocenters. The van der Waals surface area contributed by atoms with E-state index in [-0.39, 0.29) is 17.4 Å². The van der Waals surface area contributed by atoms with Crippen LogP contribution in [-0.2, 0) is 12.8 Å². The van der Waals surface area contributed by atoms with Crippen LogP contribution >= 0.6 is 0 Å². The Balaban J connectivity index is 1.36. The summed E-state index contributed by atoms with van der Waals surface area (Å²) in [5.74, 6) is 0.648. The molecule has 0 unspecified atom stereocenters. The van der Waals surface area contributed by atoms with Crippen LogP contribution in [0.4, 0.5) is 0 Å². The second kappa shape index (κ2) is 9.49. The van der Waals surface area contributed by atoms with Crippen LogP contribution in [0.25, 0.3) is 44.5 Å². The molecule has 2 nitrogen and oxygen atoms in total. The Morgan fingerprint density at radius 2 is 0.857 bits per heavy atom. The van der Waals surface area contributed by atoms with Crippen LogP contribution in [0.15, 0.2) is 121 Å². The molecule has 0 amide bonds. The van der Waals surface area contributed by atoms with Gasteiger partial charge in [-0.05, 0) is 115 Å². The molecule has 6 aromatic rings. The molecule has 0 heterocycles. The van der Waals surface area contributed by atoms with Gasteiger partial charge in [0.1, 0.15) is 11.5 Å². The Morgan fingerprint density at radius 3 is 1.29 bits per heavy atom. The first-order valence-corrected chi connectivity index (χ1v) is 14.6. The summed E-state index contributed by atoms with van der Waals surface area (Å²) in [6, 6.07) is 42.0.